The van der Waals surface area contributed by atoms with Crippen LogP contribution in [0.4, 0.5) is 17.2 Å². The van der Waals surface area contributed by atoms with Crippen LogP contribution in [0.3, 0.4) is 0 Å². The second-order valence-electron chi connectivity index (χ2n) is 8.31. The number of aryl methyl sites for hydroxylation is 1. The van der Waals surface area contributed by atoms with Crippen LogP contribution >= 0.6 is 23.2 Å². The van der Waals surface area contributed by atoms with Crippen molar-refractivity contribution in [1.29, 1.82) is 0 Å². The van der Waals surface area contributed by atoms with Gasteiger partial charge in [0.25, 0.3) is 0 Å². The van der Waals surface area contributed by atoms with E-state index in [1.807, 2.05) is 42.5 Å². The zero-order chi connectivity index (χ0) is 23.9. The molecule has 34 heavy (non-hydrogen) atoms. The highest BCUT2D eigenvalue weighted by Crippen LogP contribution is 2.33. The molecule has 4 rings (SSSR count). The number of hydrogen-bond donors (Lipinski definition) is 2. The fourth-order valence-corrected chi connectivity index (χ4v) is 4.36. The van der Waals surface area contributed by atoms with Crippen LogP contribution < -0.4 is 16.4 Å². The number of anilines is 3. The van der Waals surface area contributed by atoms with Crippen LogP contribution in [0.15, 0.2) is 84.9 Å². The molecule has 0 fully saturated rings. The molecule has 174 valence electrons. The molecule has 3 aromatic carbocycles. The predicted molar refractivity (Wildman–Crippen MR) is 145 cm³/mol. The fourth-order valence-electron chi connectivity index (χ4n) is 4.11. The summed E-state index contributed by atoms with van der Waals surface area (Å²) in [4.78, 5) is 7.03. The van der Waals surface area contributed by atoms with E-state index in [1.54, 1.807) is 6.07 Å². The Morgan fingerprint density at radius 1 is 0.765 bits per heavy atom. The molecule has 0 aliphatic rings. The van der Waals surface area contributed by atoms with Gasteiger partial charge in [-0.1, -0.05) is 65.7 Å². The molecule has 0 aliphatic heterocycles. The van der Waals surface area contributed by atoms with Gasteiger partial charge >= 0.3 is 0 Å². The molecule has 0 saturated heterocycles. The number of nitrogens with zero attached hydrogens (tertiary/aromatic N) is 2. The van der Waals surface area contributed by atoms with Gasteiger partial charge in [0.1, 0.15) is 5.82 Å². The van der Waals surface area contributed by atoms with Crippen molar-refractivity contribution in [3.8, 4) is 11.1 Å². The topological polar surface area (TPSA) is 68.2 Å². The van der Waals surface area contributed by atoms with E-state index in [9.17, 15) is 0 Å². The Labute approximate surface area is 211 Å². The average molecular weight is 491 g/mol. The summed E-state index contributed by atoms with van der Waals surface area (Å²) in [7, 11) is 0. The first-order valence-electron chi connectivity index (χ1n) is 11.3. The van der Waals surface area contributed by atoms with E-state index in [-0.39, 0.29) is 0 Å². The molecular weight excluding hydrogens is 463 g/mol. The third-order valence-electron chi connectivity index (χ3n) is 5.80. The molecule has 4 nitrogen and oxygen atoms in total. The largest absolute Gasteiger partial charge is 0.398 e. The summed E-state index contributed by atoms with van der Waals surface area (Å²) in [6.45, 7) is 1.48. The minimum atomic E-state index is 0.418. The Kier molecular flexibility index (Phi) is 7.94. The predicted octanol–water partition coefficient (Wildman–Crippen LogP) is 7.25. The molecule has 4 aromatic rings. The van der Waals surface area contributed by atoms with Gasteiger partial charge in [0.2, 0.25) is 0 Å². The second kappa shape index (κ2) is 11.3. The van der Waals surface area contributed by atoms with Gasteiger partial charge in [0, 0.05) is 39.6 Å². The van der Waals surface area contributed by atoms with Crippen LogP contribution in [-0.2, 0) is 13.0 Å². The Morgan fingerprint density at radius 3 is 2.09 bits per heavy atom. The molecule has 0 bridgehead atoms. The highest BCUT2D eigenvalue weighted by molar-refractivity contribution is 6.30. The van der Waals surface area contributed by atoms with Crippen molar-refractivity contribution in [3.63, 3.8) is 0 Å². The highest BCUT2D eigenvalue weighted by atomic mass is 35.5. The normalized spacial score (nSPS) is 10.9. The summed E-state index contributed by atoms with van der Waals surface area (Å²) in [6.07, 6.45) is 3.12. The quantitative estimate of drug-likeness (QED) is 0.242. The molecule has 0 unspecified atom stereocenters. The average Bonchev–Trinajstić information content (AvgIpc) is 2.83. The van der Waals surface area contributed by atoms with Gasteiger partial charge in [-0.05, 0) is 66.8 Å². The van der Waals surface area contributed by atoms with Gasteiger partial charge in [-0.2, -0.15) is 0 Å². The van der Waals surface area contributed by atoms with Crippen molar-refractivity contribution in [2.75, 3.05) is 22.9 Å². The SMILES string of the molecule is Nc1cc(N)c(-c2ccc(Cl)cc2)c(CN(CCCCc2ccc(Cl)cc2)c2ccccc2)n1. The number of nitrogen functional groups attached to an aromatic ring is 2. The molecule has 1 heterocycles. The lowest BCUT2D eigenvalue weighted by atomic mass is 10.0. The standard InChI is InChI=1S/C28H28Cl2N4/c29-22-13-9-20(10-14-22)6-4-5-17-34(24-7-2-1-3-8-24)19-26-28(25(31)18-27(32)33-26)21-11-15-23(30)16-12-21/h1-3,7-16,18H,4-6,17,19H2,(H4,31,32,33). The van der Waals surface area contributed by atoms with E-state index in [2.05, 4.69) is 41.3 Å². The molecule has 0 radical (unpaired) electrons. The van der Waals surface area contributed by atoms with Gasteiger partial charge in [0.05, 0.1) is 12.2 Å². The monoisotopic (exact) mass is 490 g/mol. The molecule has 0 amide bonds. The van der Waals surface area contributed by atoms with Crippen LogP contribution in [0.5, 0.6) is 0 Å². The van der Waals surface area contributed by atoms with Crippen molar-refractivity contribution in [1.82, 2.24) is 4.98 Å². The first kappa shape index (κ1) is 23.9. The lowest BCUT2D eigenvalue weighted by molar-refractivity contribution is 0.680. The van der Waals surface area contributed by atoms with Crippen LogP contribution in [0.2, 0.25) is 10.0 Å². The Balaban J connectivity index is 1.55. The van der Waals surface area contributed by atoms with Crippen LogP contribution in [0.1, 0.15) is 24.1 Å². The summed E-state index contributed by atoms with van der Waals surface area (Å²) < 4.78 is 0. The lowest BCUT2D eigenvalue weighted by Crippen LogP contribution is -2.25. The van der Waals surface area contributed by atoms with Gasteiger partial charge in [0.15, 0.2) is 0 Å². The highest BCUT2D eigenvalue weighted by Gasteiger charge is 2.16. The second-order valence-corrected chi connectivity index (χ2v) is 9.18. The molecular formula is C28H28Cl2N4. The molecule has 6 heteroatoms. The van der Waals surface area contributed by atoms with E-state index < -0.39 is 0 Å². The van der Waals surface area contributed by atoms with E-state index in [0.717, 1.165) is 53.3 Å². The summed E-state index contributed by atoms with van der Waals surface area (Å²) in [5.74, 6) is 0.418. The number of nitrogens with two attached hydrogens (primary N) is 2. The number of halogens is 2. The Morgan fingerprint density at radius 2 is 1.41 bits per heavy atom. The maximum absolute atomic E-state index is 6.42. The summed E-state index contributed by atoms with van der Waals surface area (Å²) in [5.41, 5.74) is 18.3. The van der Waals surface area contributed by atoms with Gasteiger partial charge in [-0.15, -0.1) is 0 Å². The van der Waals surface area contributed by atoms with Gasteiger partial charge in [-0.3, -0.25) is 0 Å². The Hall–Kier alpha value is -3.21. The maximum Gasteiger partial charge on any atom is 0.125 e. The molecule has 0 aliphatic carbocycles. The number of pyridine rings is 1. The maximum atomic E-state index is 6.42. The molecule has 1 aromatic heterocycles. The molecule has 0 atom stereocenters. The number of benzene rings is 3. The van der Waals surface area contributed by atoms with Crippen LogP contribution in [-0.4, -0.2) is 11.5 Å². The fraction of sp³-hybridized carbons (Fsp3) is 0.179. The van der Waals surface area contributed by atoms with Crippen LogP contribution in [0.25, 0.3) is 11.1 Å². The van der Waals surface area contributed by atoms with Crippen LogP contribution in [0, 0.1) is 0 Å². The summed E-state index contributed by atoms with van der Waals surface area (Å²) in [6, 6.07) is 27.8. The number of unbranched alkanes of at least 4 members (excludes halogenated alkanes) is 1. The lowest BCUT2D eigenvalue weighted by Gasteiger charge is -2.26. The third-order valence-corrected chi connectivity index (χ3v) is 6.30. The van der Waals surface area contributed by atoms with Gasteiger partial charge < -0.3 is 16.4 Å². The number of para-hydroxylation sites is 1. The molecule has 4 N–H and O–H groups in total. The number of rotatable bonds is 9. The Bertz CT molecular complexity index is 1210. The van der Waals surface area contributed by atoms with Crippen molar-refractivity contribution in [2.24, 2.45) is 0 Å². The zero-order valence-corrected chi connectivity index (χ0v) is 20.4. The first-order valence-corrected chi connectivity index (χ1v) is 12.1. The first-order chi connectivity index (χ1) is 16.5. The number of hydrogen-bond acceptors (Lipinski definition) is 4. The van der Waals surface area contributed by atoms with Crippen molar-refractivity contribution < 1.29 is 0 Å². The van der Waals surface area contributed by atoms with Crippen molar-refractivity contribution >= 4 is 40.4 Å². The minimum Gasteiger partial charge on any atom is -0.398 e. The third kappa shape index (κ3) is 6.22. The van der Waals surface area contributed by atoms with E-state index >= 15 is 0 Å². The summed E-state index contributed by atoms with van der Waals surface area (Å²) in [5, 5.41) is 1.45. The van der Waals surface area contributed by atoms with E-state index in [1.165, 1.54) is 5.56 Å². The smallest absolute Gasteiger partial charge is 0.125 e. The van der Waals surface area contributed by atoms with E-state index in [0.29, 0.717) is 23.1 Å². The zero-order valence-electron chi connectivity index (χ0n) is 18.9. The molecule has 0 spiro atoms. The minimum absolute atomic E-state index is 0.418. The summed E-state index contributed by atoms with van der Waals surface area (Å²) >= 11 is 12.1. The van der Waals surface area contributed by atoms with Gasteiger partial charge in [-0.25, -0.2) is 4.98 Å². The molecule has 0 saturated carbocycles. The van der Waals surface area contributed by atoms with E-state index in [4.69, 9.17) is 39.7 Å². The van der Waals surface area contributed by atoms with Crippen molar-refractivity contribution in [2.45, 2.75) is 25.8 Å². The number of aromatic nitrogens is 1. The van der Waals surface area contributed by atoms with Crippen molar-refractivity contribution in [3.05, 3.63) is 106 Å².